The first-order chi connectivity index (χ1) is 15.9. The SMILES string of the molecule is [13C-]#[O+].[C-]#[O+].[CH]1[CH][C]2C=CC=C[C]2[CH]1.[Re].c1ccc(P(c2ccccc2)c2ccccc2)cc1. The smallest absolute Gasteiger partial charge is 0.0124 e. The Morgan fingerprint density at radius 2 is 0.788 bits per heavy atom. The van der Waals surface area contributed by atoms with Crippen LogP contribution in [-0.2, 0) is 29.7 Å². The van der Waals surface area contributed by atoms with E-state index in [2.05, 4.69) is 148 Å². The molecule has 6 radical (unpaired) electrons. The molecule has 2 aliphatic carbocycles. The van der Waals surface area contributed by atoms with E-state index in [1.807, 2.05) is 0 Å². The summed E-state index contributed by atoms with van der Waals surface area (Å²) in [6, 6.07) is 32.3. The van der Waals surface area contributed by atoms with Crippen molar-refractivity contribution in [1.29, 1.82) is 0 Å². The molecule has 4 heteroatoms. The van der Waals surface area contributed by atoms with Gasteiger partial charge in [-0.15, -0.1) is 0 Å². The van der Waals surface area contributed by atoms with Gasteiger partial charge in [-0.1, -0.05) is 115 Å². The van der Waals surface area contributed by atoms with Gasteiger partial charge < -0.3 is 0 Å². The molecule has 0 unspecified atom stereocenters. The maximum Gasteiger partial charge on any atom is 0.0124 e. The van der Waals surface area contributed by atoms with Crippen LogP contribution in [0.15, 0.2) is 115 Å². The predicted octanol–water partition coefficient (Wildman–Crippen LogP) is 5.26. The molecule has 2 nitrogen and oxygen atoms in total. The van der Waals surface area contributed by atoms with Crippen LogP contribution < -0.4 is 15.9 Å². The van der Waals surface area contributed by atoms with Crippen molar-refractivity contribution in [3.8, 4) is 0 Å². The first-order valence-corrected chi connectivity index (χ1v) is 11.2. The molecule has 0 bridgehead atoms. The van der Waals surface area contributed by atoms with Crippen molar-refractivity contribution in [2.24, 2.45) is 0 Å². The third kappa shape index (κ3) is 8.87. The summed E-state index contributed by atoms with van der Waals surface area (Å²) in [4.78, 5) is 0. The van der Waals surface area contributed by atoms with Crippen molar-refractivity contribution in [3.05, 3.63) is 160 Å². The average molecular weight is 621 g/mol. The van der Waals surface area contributed by atoms with E-state index in [4.69, 9.17) is 9.30 Å². The summed E-state index contributed by atoms with van der Waals surface area (Å²) in [6.07, 6.45) is 14.7. The molecule has 3 aromatic carbocycles. The van der Waals surface area contributed by atoms with Gasteiger partial charge in [-0.2, -0.15) is 0 Å². The summed E-state index contributed by atoms with van der Waals surface area (Å²) in [5.41, 5.74) is 0. The van der Waals surface area contributed by atoms with E-state index in [-0.39, 0.29) is 20.4 Å². The van der Waals surface area contributed by atoms with Crippen LogP contribution in [0.4, 0.5) is 0 Å². The third-order valence-electron chi connectivity index (χ3n) is 4.59. The second kappa shape index (κ2) is 17.2. The fraction of sp³-hybridized carbons (Fsp3) is 0. The summed E-state index contributed by atoms with van der Waals surface area (Å²) in [5.74, 6) is 2.66. The third-order valence-corrected chi connectivity index (χ3v) is 7.03. The minimum atomic E-state index is -0.446. The number of fused-ring (bicyclic) bond motifs is 1. The largest absolute Gasteiger partial charge is 0.0762 e. The van der Waals surface area contributed by atoms with Gasteiger partial charge in [-0.25, -0.2) is 0 Å². The molecule has 0 spiro atoms. The summed E-state index contributed by atoms with van der Waals surface area (Å²) in [5, 5.41) is 4.19. The van der Waals surface area contributed by atoms with Crippen LogP contribution in [0.5, 0.6) is 0 Å². The second-order valence-electron chi connectivity index (χ2n) is 6.50. The predicted molar refractivity (Wildman–Crippen MR) is 131 cm³/mol. The molecule has 1 saturated carbocycles. The van der Waals surface area contributed by atoms with Crippen LogP contribution in [0.2, 0.25) is 0 Å². The van der Waals surface area contributed by atoms with E-state index in [9.17, 15) is 0 Å². The summed E-state index contributed by atoms with van der Waals surface area (Å²) < 4.78 is 15.0. The van der Waals surface area contributed by atoms with Crippen molar-refractivity contribution >= 4 is 23.8 Å². The van der Waals surface area contributed by atoms with Crippen molar-refractivity contribution in [2.45, 2.75) is 0 Å². The van der Waals surface area contributed by atoms with Crippen LogP contribution in [0.1, 0.15) is 0 Å². The molecule has 0 heterocycles. The van der Waals surface area contributed by atoms with E-state index in [1.165, 1.54) is 27.7 Å². The topological polar surface area (TPSA) is 39.8 Å². The van der Waals surface area contributed by atoms with Crippen molar-refractivity contribution < 1.29 is 29.7 Å². The first kappa shape index (κ1) is 28.7. The molecule has 5 rings (SSSR count). The maximum absolute atomic E-state index is 7.50. The van der Waals surface area contributed by atoms with Crippen molar-refractivity contribution in [1.82, 2.24) is 0 Å². The molecule has 0 aromatic heterocycles. The molecule has 0 atom stereocenters. The van der Waals surface area contributed by atoms with E-state index in [0.29, 0.717) is 0 Å². The Morgan fingerprint density at radius 1 is 0.485 bits per heavy atom. The number of rotatable bonds is 3. The summed E-state index contributed by atoms with van der Waals surface area (Å²) in [6.45, 7) is 9.00. The molecule has 1 fully saturated rings. The van der Waals surface area contributed by atoms with Gasteiger partial charge in [0.25, 0.3) is 0 Å². The molecule has 3 aromatic rings. The maximum atomic E-state index is 7.50. The first-order valence-electron chi connectivity index (χ1n) is 9.88. The van der Waals surface area contributed by atoms with Gasteiger partial charge >= 0.3 is 22.6 Å². The molecule has 33 heavy (non-hydrogen) atoms. The summed E-state index contributed by atoms with van der Waals surface area (Å²) >= 11 is 0. The van der Waals surface area contributed by atoms with E-state index < -0.39 is 7.92 Å². The minimum Gasteiger partial charge on any atom is -0.0762 e. The Balaban J connectivity index is 0.000000327. The van der Waals surface area contributed by atoms with Crippen molar-refractivity contribution in [2.75, 3.05) is 0 Å². The number of allylic oxidation sites excluding steroid dienone is 4. The van der Waals surface area contributed by atoms with Crippen LogP contribution in [0, 0.1) is 44.4 Å². The zero-order chi connectivity index (χ0) is 23.0. The van der Waals surface area contributed by atoms with Gasteiger partial charge in [0.05, 0.1) is 0 Å². The fourth-order valence-corrected chi connectivity index (χ4v) is 5.55. The van der Waals surface area contributed by atoms with Gasteiger partial charge in [0.1, 0.15) is 0 Å². The van der Waals surface area contributed by atoms with Crippen molar-refractivity contribution in [3.63, 3.8) is 0 Å². The van der Waals surface area contributed by atoms with E-state index >= 15 is 0 Å². The van der Waals surface area contributed by atoms with Gasteiger partial charge in [0.2, 0.25) is 0 Å². The zero-order valence-electron chi connectivity index (χ0n) is 17.8. The van der Waals surface area contributed by atoms with Gasteiger partial charge in [0.15, 0.2) is 0 Å². The van der Waals surface area contributed by atoms with E-state index in [0.717, 1.165) is 0 Å². The standard InChI is InChI=1S/C18H15P.C9H7.2CO.Re/c1-4-10-16(11-5-1)19(17-12-6-2-7-13-17)18-14-8-3-9-15-18;1-2-5-9-7-3-6-8(9)4-1;2*1-2;/h1-15H;1-7H;;;/i;;1+1;;. The number of benzene rings is 3. The molecular weight excluding hydrogens is 598 g/mol. The van der Waals surface area contributed by atoms with Crippen LogP contribution in [0.3, 0.4) is 0 Å². The average Bonchev–Trinajstić information content (AvgIpc) is 3.38. The monoisotopic (exact) mass is 621 g/mol. The molecule has 0 saturated heterocycles. The Kier molecular flexibility index (Phi) is 15.0. The molecule has 0 amide bonds. The van der Waals surface area contributed by atoms with Crippen LogP contribution >= 0.6 is 7.92 Å². The Hall–Kier alpha value is -2.29. The molecular formula is C29H22O2PRe. The normalized spacial score (nSPS) is 13.6. The van der Waals surface area contributed by atoms with Crippen LogP contribution in [-0.4, -0.2) is 0 Å². The van der Waals surface area contributed by atoms with E-state index in [1.54, 1.807) is 0 Å². The Bertz CT molecular complexity index is 880. The number of hydrogen-bond donors (Lipinski definition) is 0. The van der Waals surface area contributed by atoms with Crippen LogP contribution in [0.25, 0.3) is 0 Å². The minimum absolute atomic E-state index is 0. The number of hydrogen-bond acceptors (Lipinski definition) is 0. The molecule has 162 valence electrons. The van der Waals surface area contributed by atoms with Gasteiger partial charge in [0, 0.05) is 32.3 Å². The van der Waals surface area contributed by atoms with Gasteiger partial charge in [-0.05, 0) is 43.1 Å². The second-order valence-corrected chi connectivity index (χ2v) is 8.72. The fourth-order valence-electron chi connectivity index (χ4n) is 3.25. The molecule has 0 aliphatic heterocycles. The quantitative estimate of drug-likeness (QED) is 0.166. The molecule has 2 aliphatic rings. The summed E-state index contributed by atoms with van der Waals surface area (Å²) in [7, 11) is -0.446. The van der Waals surface area contributed by atoms with Gasteiger partial charge in [-0.3, -0.25) is 0 Å². The zero-order valence-corrected chi connectivity index (χ0v) is 21.5. The molecule has 0 N–H and O–H groups in total. The Morgan fingerprint density at radius 3 is 1.09 bits per heavy atom. The Labute approximate surface area is 212 Å².